The van der Waals surface area contributed by atoms with Gasteiger partial charge in [0.05, 0.1) is 22.8 Å². The van der Waals surface area contributed by atoms with Gasteiger partial charge in [-0.3, -0.25) is 4.57 Å². The zero-order chi connectivity index (χ0) is 48.3. The van der Waals surface area contributed by atoms with E-state index in [2.05, 4.69) is 264 Å². The van der Waals surface area contributed by atoms with E-state index in [1.807, 2.05) is 24.3 Å². The summed E-state index contributed by atoms with van der Waals surface area (Å²) in [5.74, 6) is 13.0. The van der Waals surface area contributed by atoms with E-state index in [1.165, 1.54) is 11.1 Å². The Hall–Kier alpha value is -8.57. The van der Waals surface area contributed by atoms with Gasteiger partial charge in [0.1, 0.15) is 5.82 Å². The van der Waals surface area contributed by atoms with Crippen LogP contribution in [0.15, 0.2) is 228 Å². The molecule has 338 valence electrons. The highest BCUT2D eigenvalue weighted by atomic mass is 15.4. The molecule has 1 aliphatic rings. The summed E-state index contributed by atoms with van der Waals surface area (Å²) in [6.45, 7) is 13.4. The number of imidazole rings is 1. The highest BCUT2D eigenvalue weighted by molar-refractivity contribution is 6.54. The Morgan fingerprint density at radius 3 is 1.09 bits per heavy atom. The Balaban J connectivity index is 1.20. The second-order valence-electron chi connectivity index (χ2n) is 19.8. The summed E-state index contributed by atoms with van der Waals surface area (Å²) in [6, 6.07) is 75.6. The molecule has 4 heteroatoms. The van der Waals surface area contributed by atoms with E-state index in [0.29, 0.717) is 5.82 Å². The van der Waals surface area contributed by atoms with Gasteiger partial charge in [-0.1, -0.05) is 235 Å². The van der Waals surface area contributed by atoms with Crippen LogP contribution in [0.2, 0.25) is 0 Å². The minimum atomic E-state index is -1.37. The van der Waals surface area contributed by atoms with Crippen LogP contribution in [-0.2, 0) is 16.6 Å². The van der Waals surface area contributed by atoms with Crippen LogP contribution in [0.5, 0.6) is 0 Å². The van der Waals surface area contributed by atoms with Crippen LogP contribution in [0.1, 0.15) is 91.6 Å². The normalized spacial score (nSPS) is 13.1. The molecular weight excluding hydrogens is 849 g/mol. The average Bonchev–Trinajstić information content (AvgIpc) is 4.00. The standard InChI is InChI=1S/C66H54N4/c1-64(2,3)56-41-33-48(34-42-56)28-27-47-31-39-55(40-32-47)63-67-61(53-23-15-9-16-24-53)62(54-25-17-10-18-26-54)70(63)66(68-59(51-19-11-7-12-20-51)60(69-66)52-21-13-8-14-22-52)58-45-37-50(38-46-58)30-29-49-35-43-57(44-36-49)65(4,5)6/h7-26,31-46H,1-6H3. The van der Waals surface area contributed by atoms with Crippen molar-refractivity contribution >= 4 is 11.4 Å². The van der Waals surface area contributed by atoms with E-state index in [4.69, 9.17) is 15.0 Å². The fourth-order valence-corrected chi connectivity index (χ4v) is 8.85. The third-order valence-electron chi connectivity index (χ3n) is 12.8. The molecule has 0 N–H and O–H groups in total. The number of aliphatic imine (C=N–C) groups is 2. The van der Waals surface area contributed by atoms with E-state index in [0.717, 1.165) is 78.4 Å². The largest absolute Gasteiger partial charge is 0.275 e. The SMILES string of the molecule is CC(C)(C)c1ccc(C#Cc2ccc(-c3nc(-c4ccccc4)c(-c4ccccc4)n3C3(c4ccc(C#Cc5ccc(C(C)(C)C)cc5)cc4)N=C(c4ccccc4)C(c4ccccc4)=N3)cc2)cc1. The number of benzene rings is 8. The predicted molar refractivity (Wildman–Crippen MR) is 290 cm³/mol. The summed E-state index contributed by atoms with van der Waals surface area (Å²) < 4.78 is 2.26. The molecule has 0 aliphatic carbocycles. The van der Waals surface area contributed by atoms with Gasteiger partial charge >= 0.3 is 0 Å². The van der Waals surface area contributed by atoms with Crippen molar-refractivity contribution < 1.29 is 0 Å². The topological polar surface area (TPSA) is 42.5 Å². The Morgan fingerprint density at radius 1 is 0.357 bits per heavy atom. The van der Waals surface area contributed by atoms with Gasteiger partial charge in [0, 0.05) is 55.6 Å². The molecule has 0 spiro atoms. The van der Waals surface area contributed by atoms with Crippen molar-refractivity contribution in [2.45, 2.75) is 58.2 Å². The molecule has 1 aromatic heterocycles. The number of rotatable bonds is 7. The molecule has 0 saturated heterocycles. The van der Waals surface area contributed by atoms with Crippen molar-refractivity contribution in [1.82, 2.24) is 9.55 Å². The van der Waals surface area contributed by atoms with Crippen molar-refractivity contribution in [2.24, 2.45) is 9.98 Å². The molecule has 9 aromatic rings. The van der Waals surface area contributed by atoms with Gasteiger partial charge in [0.15, 0.2) is 0 Å². The lowest BCUT2D eigenvalue weighted by Crippen LogP contribution is -2.31. The van der Waals surface area contributed by atoms with E-state index < -0.39 is 5.79 Å². The van der Waals surface area contributed by atoms with Gasteiger partial charge in [-0.15, -0.1) is 0 Å². The molecule has 10 rings (SSSR count). The Morgan fingerprint density at radius 2 is 0.700 bits per heavy atom. The first kappa shape index (κ1) is 45.2. The third-order valence-corrected chi connectivity index (χ3v) is 12.8. The molecule has 0 amide bonds. The van der Waals surface area contributed by atoms with Crippen LogP contribution < -0.4 is 0 Å². The van der Waals surface area contributed by atoms with Gasteiger partial charge in [-0.25, -0.2) is 15.0 Å². The Kier molecular flexibility index (Phi) is 12.2. The summed E-state index contributed by atoms with van der Waals surface area (Å²) in [7, 11) is 0. The number of hydrogen-bond acceptors (Lipinski definition) is 3. The minimum absolute atomic E-state index is 0.0684. The minimum Gasteiger partial charge on any atom is -0.275 e. The maximum atomic E-state index is 5.90. The van der Waals surface area contributed by atoms with Crippen molar-refractivity contribution in [3.63, 3.8) is 0 Å². The van der Waals surface area contributed by atoms with Crippen LogP contribution in [0, 0.1) is 23.7 Å². The highest BCUT2D eigenvalue weighted by Gasteiger charge is 2.45. The number of aromatic nitrogens is 2. The molecule has 0 fully saturated rings. The molecule has 0 unspecified atom stereocenters. The first-order chi connectivity index (χ1) is 33.9. The van der Waals surface area contributed by atoms with Crippen LogP contribution in [-0.4, -0.2) is 21.0 Å². The van der Waals surface area contributed by atoms with Crippen molar-refractivity contribution in [3.8, 4) is 57.6 Å². The molecule has 2 heterocycles. The van der Waals surface area contributed by atoms with Gasteiger partial charge in [-0.2, -0.15) is 0 Å². The van der Waals surface area contributed by atoms with Crippen molar-refractivity contribution in [3.05, 3.63) is 268 Å². The molecule has 0 bridgehead atoms. The smallest absolute Gasteiger partial charge is 0.261 e. The fraction of sp³-hybridized carbons (Fsp3) is 0.136. The van der Waals surface area contributed by atoms with E-state index in [1.54, 1.807) is 0 Å². The summed E-state index contributed by atoms with van der Waals surface area (Å²) in [6.07, 6.45) is 0. The second-order valence-corrected chi connectivity index (χ2v) is 19.8. The van der Waals surface area contributed by atoms with Crippen molar-refractivity contribution in [1.29, 1.82) is 0 Å². The molecule has 0 atom stereocenters. The zero-order valence-electron chi connectivity index (χ0n) is 40.6. The third kappa shape index (κ3) is 9.33. The highest BCUT2D eigenvalue weighted by Crippen LogP contribution is 2.46. The van der Waals surface area contributed by atoms with Crippen LogP contribution in [0.25, 0.3) is 33.9 Å². The number of nitrogens with zero attached hydrogens (tertiary/aromatic N) is 4. The lowest BCUT2D eigenvalue weighted by atomic mass is 9.87. The maximum absolute atomic E-state index is 5.90. The Bertz CT molecular complexity index is 3420. The average molecular weight is 903 g/mol. The quantitative estimate of drug-likeness (QED) is 0.147. The van der Waals surface area contributed by atoms with Crippen LogP contribution in [0.3, 0.4) is 0 Å². The lowest BCUT2D eigenvalue weighted by Gasteiger charge is -2.30. The van der Waals surface area contributed by atoms with Gasteiger partial charge in [-0.05, 0) is 70.5 Å². The molecule has 1 aliphatic heterocycles. The molecular formula is C66H54N4. The molecule has 8 aromatic carbocycles. The molecule has 0 saturated carbocycles. The number of hydrogen-bond donors (Lipinski definition) is 0. The first-order valence-electron chi connectivity index (χ1n) is 23.9. The fourth-order valence-electron chi connectivity index (χ4n) is 8.85. The monoisotopic (exact) mass is 902 g/mol. The van der Waals surface area contributed by atoms with Gasteiger partial charge in [0.2, 0.25) is 0 Å². The van der Waals surface area contributed by atoms with Crippen LogP contribution >= 0.6 is 0 Å². The summed E-state index contributed by atoms with van der Waals surface area (Å²) in [4.78, 5) is 17.5. The maximum Gasteiger partial charge on any atom is 0.261 e. The summed E-state index contributed by atoms with van der Waals surface area (Å²) >= 11 is 0. The van der Waals surface area contributed by atoms with Gasteiger partial charge in [0.25, 0.3) is 5.79 Å². The van der Waals surface area contributed by atoms with E-state index >= 15 is 0 Å². The van der Waals surface area contributed by atoms with Crippen LogP contribution in [0.4, 0.5) is 0 Å². The predicted octanol–water partition coefficient (Wildman–Crippen LogP) is 14.9. The van der Waals surface area contributed by atoms with E-state index in [9.17, 15) is 0 Å². The van der Waals surface area contributed by atoms with E-state index in [-0.39, 0.29) is 10.8 Å². The zero-order valence-corrected chi connectivity index (χ0v) is 40.6. The first-order valence-corrected chi connectivity index (χ1v) is 23.9. The van der Waals surface area contributed by atoms with Crippen molar-refractivity contribution in [2.75, 3.05) is 0 Å². The second kappa shape index (κ2) is 18.8. The molecule has 4 nitrogen and oxygen atoms in total. The molecule has 0 radical (unpaired) electrons. The van der Waals surface area contributed by atoms with Gasteiger partial charge < -0.3 is 0 Å². The lowest BCUT2D eigenvalue weighted by molar-refractivity contribution is 0.409. The summed E-state index contributed by atoms with van der Waals surface area (Å²) in [5.41, 5.74) is 15.4. The Labute approximate surface area is 413 Å². The summed E-state index contributed by atoms with van der Waals surface area (Å²) in [5, 5.41) is 0. The molecule has 70 heavy (non-hydrogen) atoms.